The van der Waals surface area contributed by atoms with Crippen LogP contribution in [-0.4, -0.2) is 24.0 Å². The van der Waals surface area contributed by atoms with E-state index in [4.69, 9.17) is 18.0 Å². The molecule has 0 amide bonds. The quantitative estimate of drug-likeness (QED) is 0.581. The molecule has 0 N–H and O–H groups in total. The summed E-state index contributed by atoms with van der Waals surface area (Å²) in [7, 11) is 0. The van der Waals surface area contributed by atoms with Gasteiger partial charge in [-0.05, 0) is 12.8 Å². The first-order valence-electron chi connectivity index (χ1n) is 3.81. The molecule has 0 aliphatic heterocycles. The highest BCUT2D eigenvalue weighted by molar-refractivity contribution is 6.25. The van der Waals surface area contributed by atoms with E-state index in [1.165, 1.54) is 12.8 Å². The minimum Gasteiger partial charge on any atom is -0.286 e. The van der Waals surface area contributed by atoms with Gasteiger partial charge in [0.2, 0.25) is 0 Å². The van der Waals surface area contributed by atoms with Crippen LogP contribution in [0.25, 0.3) is 0 Å². The molecule has 1 aliphatic carbocycles. The van der Waals surface area contributed by atoms with Gasteiger partial charge in [0, 0.05) is 18.1 Å². The first-order chi connectivity index (χ1) is 5.38. The smallest absolute Gasteiger partial charge is 0.0604 e. The summed E-state index contributed by atoms with van der Waals surface area (Å²) in [5, 5.41) is 0. The summed E-state index contributed by atoms with van der Waals surface area (Å²) >= 11 is 5.41. The van der Waals surface area contributed by atoms with Crippen molar-refractivity contribution in [3.05, 3.63) is 11.6 Å². The van der Waals surface area contributed by atoms with Crippen molar-refractivity contribution < 1.29 is 0 Å². The molecule has 0 unspecified atom stereocenters. The molecular weight excluding hydrogens is 158 g/mol. The van der Waals surface area contributed by atoms with E-state index in [2.05, 4.69) is 10.8 Å². The van der Waals surface area contributed by atoms with Crippen molar-refractivity contribution in [3.63, 3.8) is 0 Å². The largest absolute Gasteiger partial charge is 0.286 e. The normalized spacial score (nSPS) is 17.5. The predicted molar refractivity (Wildman–Crippen MR) is 48.4 cm³/mol. The molecule has 1 fully saturated rings. The summed E-state index contributed by atoms with van der Waals surface area (Å²) in [6.45, 7) is 1.63. The second-order valence-electron chi connectivity index (χ2n) is 2.73. The standard InChI is InChI=1S/C9H12ClN/c1-2-7-11(8-3-6-10)9-4-5-9/h1,3,6,9H,4-5,7-8H2/b6-3+. The summed E-state index contributed by atoms with van der Waals surface area (Å²) in [5.41, 5.74) is 1.55. The second-order valence-corrected chi connectivity index (χ2v) is 2.98. The highest BCUT2D eigenvalue weighted by atomic mass is 35.5. The van der Waals surface area contributed by atoms with Gasteiger partial charge in [-0.2, -0.15) is 0 Å². The van der Waals surface area contributed by atoms with Crippen LogP contribution in [0.5, 0.6) is 0 Å². The summed E-state index contributed by atoms with van der Waals surface area (Å²) in [4.78, 5) is 2.26. The Labute approximate surface area is 73.0 Å². The molecule has 0 bridgehead atoms. The number of hydrogen-bond acceptors (Lipinski definition) is 1. The van der Waals surface area contributed by atoms with E-state index in [1.807, 2.05) is 6.08 Å². The zero-order chi connectivity index (χ0) is 8.10. The minimum atomic E-state index is 0.721. The Kier molecular flexibility index (Phi) is 3.48. The number of nitrogens with zero attached hydrogens (tertiary/aromatic N) is 1. The van der Waals surface area contributed by atoms with Gasteiger partial charge >= 0.3 is 0 Å². The Morgan fingerprint density at radius 2 is 2.36 bits per heavy atom. The molecule has 0 spiro atoms. The van der Waals surface area contributed by atoms with Crippen molar-refractivity contribution >= 4 is 11.6 Å². The van der Waals surface area contributed by atoms with Gasteiger partial charge in [0.05, 0.1) is 6.54 Å². The van der Waals surface area contributed by atoms with Crippen LogP contribution in [0.2, 0.25) is 0 Å². The van der Waals surface area contributed by atoms with Gasteiger partial charge in [-0.25, -0.2) is 0 Å². The SMILES string of the molecule is C#CCN(C/C=C/Cl)C1CC1. The molecule has 11 heavy (non-hydrogen) atoms. The monoisotopic (exact) mass is 169 g/mol. The van der Waals surface area contributed by atoms with Gasteiger partial charge in [0.1, 0.15) is 0 Å². The third kappa shape index (κ3) is 2.96. The molecule has 0 aromatic heterocycles. The van der Waals surface area contributed by atoms with Crippen molar-refractivity contribution in [1.82, 2.24) is 4.90 Å². The van der Waals surface area contributed by atoms with Gasteiger partial charge < -0.3 is 0 Å². The van der Waals surface area contributed by atoms with Crippen LogP contribution in [0.1, 0.15) is 12.8 Å². The Hall–Kier alpha value is -0.450. The van der Waals surface area contributed by atoms with E-state index in [9.17, 15) is 0 Å². The number of hydrogen-bond donors (Lipinski definition) is 0. The van der Waals surface area contributed by atoms with Crippen LogP contribution in [0.3, 0.4) is 0 Å². The van der Waals surface area contributed by atoms with Crippen LogP contribution in [-0.2, 0) is 0 Å². The molecule has 1 rings (SSSR count). The molecule has 0 aromatic carbocycles. The maximum Gasteiger partial charge on any atom is 0.0604 e. The molecule has 0 atom stereocenters. The van der Waals surface area contributed by atoms with Crippen molar-refractivity contribution in [2.24, 2.45) is 0 Å². The van der Waals surface area contributed by atoms with Crippen LogP contribution < -0.4 is 0 Å². The van der Waals surface area contributed by atoms with Crippen molar-refractivity contribution in [1.29, 1.82) is 0 Å². The van der Waals surface area contributed by atoms with Crippen LogP contribution in [0, 0.1) is 12.3 Å². The fourth-order valence-electron chi connectivity index (χ4n) is 1.07. The van der Waals surface area contributed by atoms with Gasteiger partial charge in [0.25, 0.3) is 0 Å². The average Bonchev–Trinajstić information content (AvgIpc) is 2.80. The Balaban J connectivity index is 2.27. The Morgan fingerprint density at radius 3 is 2.82 bits per heavy atom. The van der Waals surface area contributed by atoms with Gasteiger partial charge in [-0.1, -0.05) is 23.6 Å². The third-order valence-corrected chi connectivity index (χ3v) is 1.96. The zero-order valence-corrected chi connectivity index (χ0v) is 7.22. The molecule has 1 nitrogen and oxygen atoms in total. The average molecular weight is 170 g/mol. The molecule has 0 saturated heterocycles. The summed E-state index contributed by atoms with van der Waals surface area (Å²) in [5.74, 6) is 2.65. The molecule has 0 radical (unpaired) electrons. The fourth-order valence-corrected chi connectivity index (χ4v) is 1.15. The maximum atomic E-state index is 5.41. The lowest BCUT2D eigenvalue weighted by atomic mass is 10.4. The van der Waals surface area contributed by atoms with Crippen molar-refractivity contribution in [2.45, 2.75) is 18.9 Å². The highest BCUT2D eigenvalue weighted by Crippen LogP contribution is 2.26. The van der Waals surface area contributed by atoms with Gasteiger partial charge in [0.15, 0.2) is 0 Å². The van der Waals surface area contributed by atoms with Gasteiger partial charge in [-0.3, -0.25) is 4.90 Å². The molecule has 0 aromatic rings. The van der Waals surface area contributed by atoms with Crippen LogP contribution >= 0.6 is 11.6 Å². The topological polar surface area (TPSA) is 3.24 Å². The number of halogens is 1. The molecule has 0 heterocycles. The first-order valence-corrected chi connectivity index (χ1v) is 4.25. The molecule has 2 heteroatoms. The highest BCUT2D eigenvalue weighted by Gasteiger charge is 2.27. The van der Waals surface area contributed by atoms with Gasteiger partial charge in [-0.15, -0.1) is 6.42 Å². The Bertz CT molecular complexity index is 176. The number of rotatable bonds is 4. The van der Waals surface area contributed by atoms with Crippen LogP contribution in [0.15, 0.2) is 11.6 Å². The summed E-state index contributed by atoms with van der Waals surface area (Å²) < 4.78 is 0. The molecule has 1 saturated carbocycles. The van der Waals surface area contributed by atoms with E-state index in [1.54, 1.807) is 5.54 Å². The first kappa shape index (κ1) is 8.64. The third-order valence-electron chi connectivity index (χ3n) is 1.79. The molecule has 1 aliphatic rings. The zero-order valence-electron chi connectivity index (χ0n) is 6.46. The maximum absolute atomic E-state index is 5.41. The summed E-state index contributed by atoms with van der Waals surface area (Å²) in [6.07, 6.45) is 9.72. The molecule has 60 valence electrons. The lowest BCUT2D eigenvalue weighted by molar-refractivity contribution is 0.330. The minimum absolute atomic E-state index is 0.721. The predicted octanol–water partition coefficient (Wildman–Crippen LogP) is 1.84. The molecular formula is C9H12ClN. The number of terminal acetylenes is 1. The van der Waals surface area contributed by atoms with E-state index in [0.717, 1.165) is 19.1 Å². The van der Waals surface area contributed by atoms with Crippen LogP contribution in [0.4, 0.5) is 0 Å². The lowest BCUT2D eigenvalue weighted by Crippen LogP contribution is -2.26. The fraction of sp³-hybridized carbons (Fsp3) is 0.556. The van der Waals surface area contributed by atoms with E-state index < -0.39 is 0 Å². The lowest BCUT2D eigenvalue weighted by Gasteiger charge is -2.15. The van der Waals surface area contributed by atoms with E-state index in [0.29, 0.717) is 0 Å². The van der Waals surface area contributed by atoms with E-state index in [-0.39, 0.29) is 0 Å². The second kappa shape index (κ2) is 4.43. The Morgan fingerprint density at radius 1 is 1.64 bits per heavy atom. The van der Waals surface area contributed by atoms with Crippen molar-refractivity contribution in [2.75, 3.05) is 13.1 Å². The van der Waals surface area contributed by atoms with E-state index >= 15 is 0 Å². The van der Waals surface area contributed by atoms with Crippen molar-refractivity contribution in [3.8, 4) is 12.3 Å². The summed E-state index contributed by atoms with van der Waals surface area (Å²) in [6, 6.07) is 0.721.